The third kappa shape index (κ3) is 2.33. The van der Waals surface area contributed by atoms with E-state index in [2.05, 4.69) is 5.16 Å². The minimum atomic E-state index is -3.24. The van der Waals surface area contributed by atoms with Crippen LogP contribution < -0.4 is 4.31 Å². The molecule has 0 saturated carbocycles. The van der Waals surface area contributed by atoms with Crippen molar-refractivity contribution in [3.8, 4) is 0 Å². The van der Waals surface area contributed by atoms with Crippen LogP contribution in [-0.2, 0) is 16.4 Å². The molecule has 1 N–H and O–H groups in total. The van der Waals surface area contributed by atoms with Crippen molar-refractivity contribution >= 4 is 27.2 Å². The summed E-state index contributed by atoms with van der Waals surface area (Å²) in [4.78, 5) is 11.8. The van der Waals surface area contributed by atoms with E-state index in [1.54, 1.807) is 12.1 Å². The molecule has 0 fully saturated rings. The van der Waals surface area contributed by atoms with Gasteiger partial charge in [0.25, 0.3) is 0 Å². The van der Waals surface area contributed by atoms with Crippen molar-refractivity contribution in [2.45, 2.75) is 13.3 Å². The maximum absolute atomic E-state index is 11.8. The lowest BCUT2D eigenvalue weighted by Gasteiger charge is -2.27. The number of carbonyl (C=O) groups excluding carboxylic acids is 1. The Hall–Kier alpha value is -1.89. The number of oxime groups is 1. The molecule has 1 aliphatic heterocycles. The predicted octanol–water partition coefficient (Wildman–Crippen LogP) is 1.04. The highest BCUT2D eigenvalue weighted by molar-refractivity contribution is 7.92. The first kappa shape index (κ1) is 13.5. The fraction of sp³-hybridized carbons (Fsp3) is 0.333. The molecular formula is C12H14N2O4S. The van der Waals surface area contributed by atoms with E-state index in [0.29, 0.717) is 17.7 Å². The fourth-order valence-electron chi connectivity index (χ4n) is 2.01. The molecule has 0 aromatic heterocycles. The summed E-state index contributed by atoms with van der Waals surface area (Å²) in [5, 5.41) is 11.5. The average Bonchev–Trinajstić information content (AvgIpc) is 2.41. The van der Waals surface area contributed by atoms with Gasteiger partial charge in [-0.25, -0.2) is 8.42 Å². The molecule has 102 valence electrons. The number of carbonyl (C=O) groups is 1. The third-order valence-electron chi connectivity index (χ3n) is 3.21. The van der Waals surface area contributed by atoms with E-state index in [4.69, 9.17) is 5.21 Å². The molecule has 0 bridgehead atoms. The fourth-order valence-corrected chi connectivity index (χ4v) is 3.24. The van der Waals surface area contributed by atoms with E-state index >= 15 is 0 Å². The molecule has 1 aromatic carbocycles. The van der Waals surface area contributed by atoms with Gasteiger partial charge in [-0.15, -0.1) is 0 Å². The third-order valence-corrected chi connectivity index (χ3v) is 4.96. The maximum atomic E-state index is 11.8. The SMILES string of the molecule is C/C(=N/O)C(=O)c1ccc2c(c1)CCS(=O)(=O)N2C. The first-order valence-corrected chi connectivity index (χ1v) is 7.30. The zero-order valence-electron chi connectivity index (χ0n) is 10.6. The van der Waals surface area contributed by atoms with Crippen LogP contribution in [0.15, 0.2) is 23.4 Å². The van der Waals surface area contributed by atoms with E-state index < -0.39 is 10.0 Å². The van der Waals surface area contributed by atoms with Crippen LogP contribution in [0.5, 0.6) is 0 Å². The molecule has 0 aliphatic carbocycles. The van der Waals surface area contributed by atoms with Gasteiger partial charge in [0.05, 0.1) is 11.4 Å². The van der Waals surface area contributed by atoms with Crippen molar-refractivity contribution in [2.75, 3.05) is 17.1 Å². The van der Waals surface area contributed by atoms with Gasteiger partial charge in [-0.1, -0.05) is 5.16 Å². The molecule has 2 rings (SSSR count). The second-order valence-corrected chi connectivity index (χ2v) is 6.51. The van der Waals surface area contributed by atoms with Crippen molar-refractivity contribution in [2.24, 2.45) is 5.16 Å². The number of nitrogens with zero attached hydrogens (tertiary/aromatic N) is 2. The molecule has 1 aliphatic rings. The predicted molar refractivity (Wildman–Crippen MR) is 71.6 cm³/mol. The van der Waals surface area contributed by atoms with Crippen LogP contribution in [0.3, 0.4) is 0 Å². The second kappa shape index (κ2) is 4.65. The Kier molecular flexibility index (Phi) is 3.32. The molecule has 0 atom stereocenters. The highest BCUT2D eigenvalue weighted by Gasteiger charge is 2.27. The van der Waals surface area contributed by atoms with Crippen LogP contribution in [0.1, 0.15) is 22.8 Å². The van der Waals surface area contributed by atoms with Gasteiger partial charge in [0.2, 0.25) is 15.8 Å². The Morgan fingerprint density at radius 1 is 1.42 bits per heavy atom. The van der Waals surface area contributed by atoms with E-state index in [0.717, 1.165) is 5.56 Å². The van der Waals surface area contributed by atoms with Crippen LogP contribution in [0, 0.1) is 0 Å². The van der Waals surface area contributed by atoms with E-state index in [-0.39, 0.29) is 17.2 Å². The largest absolute Gasteiger partial charge is 0.411 e. The molecule has 0 amide bonds. The summed E-state index contributed by atoms with van der Waals surface area (Å²) in [7, 11) is -1.75. The molecule has 0 spiro atoms. The lowest BCUT2D eigenvalue weighted by Crippen LogP contribution is -2.34. The number of ketones is 1. The summed E-state index contributed by atoms with van der Waals surface area (Å²) in [6.07, 6.45) is 0.373. The molecule has 6 nitrogen and oxygen atoms in total. The lowest BCUT2D eigenvalue weighted by molar-refractivity contribution is 0.106. The minimum absolute atomic E-state index is 0.00302. The molecule has 0 saturated heterocycles. The number of Topliss-reactive ketones (excluding diaryl/α,β-unsaturated/α-hetero) is 1. The molecule has 1 heterocycles. The van der Waals surface area contributed by atoms with Crippen LogP contribution in [0.2, 0.25) is 0 Å². The van der Waals surface area contributed by atoms with Crippen LogP contribution in [0.25, 0.3) is 0 Å². The van der Waals surface area contributed by atoms with Gasteiger partial charge in [-0.05, 0) is 37.1 Å². The highest BCUT2D eigenvalue weighted by Crippen LogP contribution is 2.29. The van der Waals surface area contributed by atoms with Gasteiger partial charge in [0.1, 0.15) is 5.71 Å². The smallest absolute Gasteiger partial charge is 0.235 e. The Bertz CT molecular complexity index is 664. The number of rotatable bonds is 2. The minimum Gasteiger partial charge on any atom is -0.411 e. The number of anilines is 1. The summed E-state index contributed by atoms with van der Waals surface area (Å²) < 4.78 is 24.7. The Balaban J connectivity index is 2.45. The standard InChI is InChI=1S/C12H14N2O4S/c1-8(13-16)12(15)10-3-4-11-9(7-10)5-6-19(17,18)14(11)2/h3-4,7,16H,5-6H2,1-2H3/b13-8-. The maximum Gasteiger partial charge on any atom is 0.235 e. The summed E-state index contributed by atoms with van der Waals surface area (Å²) in [5.74, 6) is -0.345. The van der Waals surface area contributed by atoms with Gasteiger partial charge in [0.15, 0.2) is 0 Å². The summed E-state index contributed by atoms with van der Waals surface area (Å²) >= 11 is 0. The Labute approximate surface area is 111 Å². The van der Waals surface area contributed by atoms with Gasteiger partial charge < -0.3 is 5.21 Å². The highest BCUT2D eigenvalue weighted by atomic mass is 32.2. The van der Waals surface area contributed by atoms with Gasteiger partial charge in [0, 0.05) is 12.6 Å². The van der Waals surface area contributed by atoms with Crippen molar-refractivity contribution in [1.82, 2.24) is 0 Å². The summed E-state index contributed by atoms with van der Waals surface area (Å²) in [5.41, 5.74) is 1.77. The van der Waals surface area contributed by atoms with E-state index in [1.165, 1.54) is 24.3 Å². The summed E-state index contributed by atoms with van der Waals surface area (Å²) in [6, 6.07) is 4.79. The number of benzene rings is 1. The lowest BCUT2D eigenvalue weighted by atomic mass is 10.0. The Morgan fingerprint density at radius 3 is 2.74 bits per heavy atom. The van der Waals surface area contributed by atoms with E-state index in [9.17, 15) is 13.2 Å². The van der Waals surface area contributed by atoms with Crippen LogP contribution in [0.4, 0.5) is 5.69 Å². The van der Waals surface area contributed by atoms with Crippen LogP contribution in [-0.4, -0.2) is 37.9 Å². The number of hydrogen-bond donors (Lipinski definition) is 1. The molecular weight excluding hydrogens is 268 g/mol. The molecule has 0 radical (unpaired) electrons. The number of aryl methyl sites for hydroxylation is 1. The molecule has 1 aromatic rings. The molecule has 0 unspecified atom stereocenters. The topological polar surface area (TPSA) is 87.0 Å². The first-order chi connectivity index (χ1) is 8.86. The van der Waals surface area contributed by atoms with Gasteiger partial charge in [-0.2, -0.15) is 0 Å². The number of sulfonamides is 1. The van der Waals surface area contributed by atoms with Crippen LogP contribution >= 0.6 is 0 Å². The Morgan fingerprint density at radius 2 is 2.11 bits per heavy atom. The average molecular weight is 282 g/mol. The molecule has 19 heavy (non-hydrogen) atoms. The summed E-state index contributed by atoms with van der Waals surface area (Å²) in [6.45, 7) is 1.42. The monoisotopic (exact) mass is 282 g/mol. The number of hydrogen-bond acceptors (Lipinski definition) is 5. The van der Waals surface area contributed by atoms with Crippen molar-refractivity contribution < 1.29 is 18.4 Å². The van der Waals surface area contributed by atoms with Gasteiger partial charge in [-0.3, -0.25) is 9.10 Å². The first-order valence-electron chi connectivity index (χ1n) is 5.69. The van der Waals surface area contributed by atoms with Crippen molar-refractivity contribution in [3.05, 3.63) is 29.3 Å². The van der Waals surface area contributed by atoms with Crippen molar-refractivity contribution in [1.29, 1.82) is 0 Å². The van der Waals surface area contributed by atoms with E-state index in [1.807, 2.05) is 0 Å². The zero-order chi connectivity index (χ0) is 14.2. The van der Waals surface area contributed by atoms with Crippen molar-refractivity contribution in [3.63, 3.8) is 0 Å². The molecule has 7 heteroatoms. The number of fused-ring (bicyclic) bond motifs is 1. The quantitative estimate of drug-likeness (QED) is 0.380. The normalized spacial score (nSPS) is 18.0. The second-order valence-electron chi connectivity index (χ2n) is 4.39. The van der Waals surface area contributed by atoms with Gasteiger partial charge >= 0.3 is 0 Å². The zero-order valence-corrected chi connectivity index (χ0v) is 11.4.